The SMILES string of the molecule is O=C1CCCOC12CCCNC2. The molecule has 0 aromatic carbocycles. The standard InChI is InChI=1S/C9H15NO2/c11-8-3-1-6-12-9(8)4-2-5-10-7-9/h10H,1-7H2. The van der Waals surface area contributed by atoms with Gasteiger partial charge in [-0.2, -0.15) is 0 Å². The first kappa shape index (κ1) is 8.20. The number of ketones is 1. The Hall–Kier alpha value is -0.410. The van der Waals surface area contributed by atoms with Crippen LogP contribution >= 0.6 is 0 Å². The maximum atomic E-state index is 11.6. The summed E-state index contributed by atoms with van der Waals surface area (Å²) in [4.78, 5) is 11.6. The predicted octanol–water partition coefficient (Wildman–Crippen LogP) is 0.488. The van der Waals surface area contributed by atoms with Gasteiger partial charge in [-0.15, -0.1) is 0 Å². The Labute approximate surface area is 72.5 Å². The Balaban J connectivity index is 2.09. The van der Waals surface area contributed by atoms with E-state index in [9.17, 15) is 4.79 Å². The number of carbonyl (C=O) groups is 1. The van der Waals surface area contributed by atoms with Gasteiger partial charge in [-0.05, 0) is 25.8 Å². The maximum Gasteiger partial charge on any atom is 0.166 e. The number of hydrogen-bond donors (Lipinski definition) is 1. The van der Waals surface area contributed by atoms with Gasteiger partial charge in [0.05, 0.1) is 0 Å². The highest BCUT2D eigenvalue weighted by molar-refractivity contribution is 5.88. The molecule has 1 atom stereocenters. The minimum atomic E-state index is -0.434. The van der Waals surface area contributed by atoms with Gasteiger partial charge in [0.2, 0.25) is 0 Å². The van der Waals surface area contributed by atoms with Crippen LogP contribution in [-0.2, 0) is 9.53 Å². The summed E-state index contributed by atoms with van der Waals surface area (Å²) in [6.45, 7) is 2.51. The van der Waals surface area contributed by atoms with E-state index in [-0.39, 0.29) is 0 Å². The van der Waals surface area contributed by atoms with Crippen LogP contribution in [0, 0.1) is 0 Å². The van der Waals surface area contributed by atoms with Crippen LogP contribution in [-0.4, -0.2) is 31.1 Å². The highest BCUT2D eigenvalue weighted by Crippen LogP contribution is 2.27. The van der Waals surface area contributed by atoms with Gasteiger partial charge in [0, 0.05) is 19.6 Å². The summed E-state index contributed by atoms with van der Waals surface area (Å²) >= 11 is 0. The minimum Gasteiger partial charge on any atom is -0.366 e. The third kappa shape index (κ3) is 1.27. The van der Waals surface area contributed by atoms with Crippen LogP contribution in [0.1, 0.15) is 25.7 Å². The second kappa shape index (κ2) is 3.15. The van der Waals surface area contributed by atoms with E-state index in [2.05, 4.69) is 5.32 Å². The molecule has 68 valence electrons. The maximum absolute atomic E-state index is 11.6. The molecule has 2 fully saturated rings. The van der Waals surface area contributed by atoms with E-state index in [0.717, 1.165) is 39.0 Å². The minimum absolute atomic E-state index is 0.306. The molecule has 3 nitrogen and oxygen atoms in total. The largest absolute Gasteiger partial charge is 0.366 e. The number of ether oxygens (including phenoxy) is 1. The Morgan fingerprint density at radius 2 is 2.33 bits per heavy atom. The van der Waals surface area contributed by atoms with Crippen molar-refractivity contribution in [2.24, 2.45) is 0 Å². The summed E-state index contributed by atoms with van der Waals surface area (Å²) in [7, 11) is 0. The number of Topliss-reactive ketones (excluding diaryl/α,β-unsaturated/α-hetero) is 1. The molecule has 0 aromatic heterocycles. The van der Waals surface area contributed by atoms with E-state index in [0.29, 0.717) is 12.2 Å². The summed E-state index contributed by atoms with van der Waals surface area (Å²) in [6.07, 6.45) is 3.59. The van der Waals surface area contributed by atoms with Crippen LogP contribution in [0.25, 0.3) is 0 Å². The van der Waals surface area contributed by atoms with Gasteiger partial charge in [0.25, 0.3) is 0 Å². The summed E-state index contributed by atoms with van der Waals surface area (Å²) in [5, 5.41) is 3.23. The number of rotatable bonds is 0. The van der Waals surface area contributed by atoms with Crippen molar-refractivity contribution in [3.05, 3.63) is 0 Å². The van der Waals surface area contributed by atoms with Crippen molar-refractivity contribution >= 4 is 5.78 Å². The molecule has 0 saturated carbocycles. The second-order valence-corrected chi connectivity index (χ2v) is 3.65. The van der Waals surface area contributed by atoms with Crippen LogP contribution in [0.15, 0.2) is 0 Å². The zero-order valence-corrected chi connectivity index (χ0v) is 7.27. The molecule has 2 saturated heterocycles. The zero-order chi connectivity index (χ0) is 8.44. The molecule has 0 bridgehead atoms. The van der Waals surface area contributed by atoms with Crippen molar-refractivity contribution in [3.8, 4) is 0 Å². The zero-order valence-electron chi connectivity index (χ0n) is 7.27. The average Bonchev–Trinajstić information content (AvgIpc) is 2.12. The lowest BCUT2D eigenvalue weighted by Crippen LogP contribution is -2.55. The van der Waals surface area contributed by atoms with Gasteiger partial charge in [-0.1, -0.05) is 0 Å². The molecular weight excluding hydrogens is 154 g/mol. The van der Waals surface area contributed by atoms with Gasteiger partial charge in [0.1, 0.15) is 5.60 Å². The number of nitrogens with one attached hydrogen (secondary N) is 1. The first-order valence-electron chi connectivity index (χ1n) is 4.71. The average molecular weight is 169 g/mol. The van der Waals surface area contributed by atoms with E-state index in [1.165, 1.54) is 0 Å². The smallest absolute Gasteiger partial charge is 0.166 e. The van der Waals surface area contributed by atoms with Crippen molar-refractivity contribution in [3.63, 3.8) is 0 Å². The molecule has 3 heteroatoms. The van der Waals surface area contributed by atoms with Crippen molar-refractivity contribution in [1.82, 2.24) is 5.32 Å². The third-order valence-corrected chi connectivity index (χ3v) is 2.78. The van der Waals surface area contributed by atoms with Crippen LogP contribution < -0.4 is 5.32 Å². The summed E-state index contributed by atoms with van der Waals surface area (Å²) in [6, 6.07) is 0. The Kier molecular flexibility index (Phi) is 2.15. The molecule has 12 heavy (non-hydrogen) atoms. The molecule has 0 aliphatic carbocycles. The lowest BCUT2D eigenvalue weighted by Gasteiger charge is -2.38. The Bertz CT molecular complexity index is 177. The van der Waals surface area contributed by atoms with Crippen LogP contribution in [0.3, 0.4) is 0 Å². The van der Waals surface area contributed by atoms with E-state index in [4.69, 9.17) is 4.74 Å². The van der Waals surface area contributed by atoms with Crippen molar-refractivity contribution in [2.45, 2.75) is 31.3 Å². The van der Waals surface area contributed by atoms with E-state index in [1.807, 2.05) is 0 Å². The first-order valence-corrected chi connectivity index (χ1v) is 4.71. The molecule has 2 heterocycles. The molecule has 2 rings (SSSR count). The van der Waals surface area contributed by atoms with Crippen molar-refractivity contribution in [2.75, 3.05) is 19.7 Å². The molecule has 2 aliphatic rings. The molecule has 0 aromatic rings. The quantitative estimate of drug-likeness (QED) is 0.573. The second-order valence-electron chi connectivity index (χ2n) is 3.65. The fourth-order valence-electron chi connectivity index (χ4n) is 2.05. The van der Waals surface area contributed by atoms with Gasteiger partial charge in [-0.3, -0.25) is 4.79 Å². The Morgan fingerprint density at radius 1 is 1.42 bits per heavy atom. The summed E-state index contributed by atoms with van der Waals surface area (Å²) in [5.41, 5.74) is -0.434. The Morgan fingerprint density at radius 3 is 3.00 bits per heavy atom. The van der Waals surface area contributed by atoms with Gasteiger partial charge < -0.3 is 10.1 Å². The topological polar surface area (TPSA) is 38.3 Å². The van der Waals surface area contributed by atoms with Crippen molar-refractivity contribution in [1.29, 1.82) is 0 Å². The van der Waals surface area contributed by atoms with Gasteiger partial charge in [0.15, 0.2) is 5.78 Å². The molecule has 1 N–H and O–H groups in total. The third-order valence-electron chi connectivity index (χ3n) is 2.78. The van der Waals surface area contributed by atoms with Crippen LogP contribution in [0.2, 0.25) is 0 Å². The molecule has 1 spiro atoms. The fourth-order valence-corrected chi connectivity index (χ4v) is 2.05. The summed E-state index contributed by atoms with van der Waals surface area (Å²) < 4.78 is 5.61. The van der Waals surface area contributed by atoms with E-state index in [1.54, 1.807) is 0 Å². The van der Waals surface area contributed by atoms with Crippen LogP contribution in [0.4, 0.5) is 0 Å². The van der Waals surface area contributed by atoms with Gasteiger partial charge >= 0.3 is 0 Å². The monoisotopic (exact) mass is 169 g/mol. The highest BCUT2D eigenvalue weighted by Gasteiger charge is 2.41. The highest BCUT2D eigenvalue weighted by atomic mass is 16.5. The first-order chi connectivity index (χ1) is 5.83. The van der Waals surface area contributed by atoms with Crippen LogP contribution in [0.5, 0.6) is 0 Å². The number of hydrogen-bond acceptors (Lipinski definition) is 3. The lowest BCUT2D eigenvalue weighted by molar-refractivity contribution is -0.155. The van der Waals surface area contributed by atoms with E-state index < -0.39 is 5.60 Å². The lowest BCUT2D eigenvalue weighted by atomic mass is 9.85. The normalized spacial score (nSPS) is 37.2. The summed E-state index contributed by atoms with van der Waals surface area (Å²) in [5.74, 6) is 0.306. The molecule has 1 unspecified atom stereocenters. The van der Waals surface area contributed by atoms with Crippen molar-refractivity contribution < 1.29 is 9.53 Å². The predicted molar refractivity (Wildman–Crippen MR) is 45.0 cm³/mol. The number of carbonyl (C=O) groups excluding carboxylic acids is 1. The molecule has 2 aliphatic heterocycles. The molecular formula is C9H15NO2. The molecule has 0 radical (unpaired) electrons. The molecule has 0 amide bonds. The van der Waals surface area contributed by atoms with Gasteiger partial charge in [-0.25, -0.2) is 0 Å². The fraction of sp³-hybridized carbons (Fsp3) is 0.889. The number of piperidine rings is 1. The van der Waals surface area contributed by atoms with E-state index >= 15 is 0 Å².